The number of ether oxygens (including phenoxy) is 1. The van der Waals surface area contributed by atoms with Gasteiger partial charge < -0.3 is 10.1 Å². The van der Waals surface area contributed by atoms with Gasteiger partial charge in [-0.25, -0.2) is 0 Å². The van der Waals surface area contributed by atoms with Crippen molar-refractivity contribution in [1.82, 2.24) is 10.2 Å². The van der Waals surface area contributed by atoms with Crippen LogP contribution in [-0.4, -0.2) is 37.0 Å². The van der Waals surface area contributed by atoms with E-state index in [2.05, 4.69) is 42.3 Å². The van der Waals surface area contributed by atoms with E-state index in [4.69, 9.17) is 4.74 Å². The molecule has 1 saturated heterocycles. The van der Waals surface area contributed by atoms with Crippen LogP contribution in [0.1, 0.15) is 60.5 Å². The van der Waals surface area contributed by atoms with Gasteiger partial charge in [0, 0.05) is 12.1 Å². The number of hydrogen-bond acceptors (Lipinski definition) is 3. The Morgan fingerprint density at radius 1 is 1.04 bits per heavy atom. The van der Waals surface area contributed by atoms with Gasteiger partial charge in [0.2, 0.25) is 0 Å². The molecular formula is C24H32N2O2. The average molecular weight is 381 g/mol. The largest absolute Gasteiger partial charge is 0.491 e. The van der Waals surface area contributed by atoms with Crippen LogP contribution in [0.3, 0.4) is 0 Å². The van der Waals surface area contributed by atoms with Crippen LogP contribution >= 0.6 is 0 Å². The lowest BCUT2D eigenvalue weighted by Crippen LogP contribution is -2.29. The zero-order chi connectivity index (χ0) is 19.8. The molecule has 1 aliphatic heterocycles. The minimum absolute atomic E-state index is 0.0507. The summed E-state index contributed by atoms with van der Waals surface area (Å²) in [5, 5.41) is 2.94. The molecular weight excluding hydrogens is 348 g/mol. The van der Waals surface area contributed by atoms with E-state index in [1.165, 1.54) is 43.5 Å². The maximum Gasteiger partial charge on any atom is 0.251 e. The van der Waals surface area contributed by atoms with Gasteiger partial charge in [-0.1, -0.05) is 50.6 Å². The van der Waals surface area contributed by atoms with Gasteiger partial charge in [0.05, 0.1) is 6.54 Å². The molecule has 1 fully saturated rings. The quantitative estimate of drug-likeness (QED) is 0.680. The first-order valence-corrected chi connectivity index (χ1v) is 10.4. The van der Waals surface area contributed by atoms with Crippen LogP contribution in [0.4, 0.5) is 0 Å². The Labute approximate surface area is 168 Å². The van der Waals surface area contributed by atoms with Gasteiger partial charge in [-0.3, -0.25) is 9.69 Å². The Bertz CT molecular complexity index is 749. The summed E-state index contributed by atoms with van der Waals surface area (Å²) in [7, 11) is 0. The molecule has 3 rings (SSSR count). The molecule has 1 aliphatic rings. The Balaban J connectivity index is 1.43. The highest BCUT2D eigenvalue weighted by molar-refractivity contribution is 5.94. The van der Waals surface area contributed by atoms with Crippen LogP contribution in [0.2, 0.25) is 0 Å². The Morgan fingerprint density at radius 2 is 1.75 bits per heavy atom. The summed E-state index contributed by atoms with van der Waals surface area (Å²) in [6, 6.07) is 16.1. The van der Waals surface area contributed by atoms with Crippen LogP contribution in [0.5, 0.6) is 5.75 Å². The molecule has 0 aromatic heterocycles. The molecule has 1 amide bonds. The topological polar surface area (TPSA) is 41.6 Å². The van der Waals surface area contributed by atoms with Gasteiger partial charge in [-0.2, -0.15) is 0 Å². The molecule has 0 spiro atoms. The summed E-state index contributed by atoms with van der Waals surface area (Å²) in [4.78, 5) is 14.8. The molecule has 0 atom stereocenters. The van der Waals surface area contributed by atoms with Gasteiger partial charge in [-0.15, -0.1) is 0 Å². The second kappa shape index (κ2) is 10.3. The van der Waals surface area contributed by atoms with Crippen molar-refractivity contribution in [2.75, 3.05) is 26.2 Å². The lowest BCUT2D eigenvalue weighted by Gasteiger charge is -2.26. The second-order valence-electron chi connectivity index (χ2n) is 7.83. The highest BCUT2D eigenvalue weighted by Gasteiger charge is 2.11. The number of carbonyl (C=O) groups excluding carboxylic acids is 1. The van der Waals surface area contributed by atoms with Crippen molar-refractivity contribution in [2.24, 2.45) is 0 Å². The maximum absolute atomic E-state index is 12.4. The third kappa shape index (κ3) is 5.83. The molecule has 0 bridgehead atoms. The smallest absolute Gasteiger partial charge is 0.251 e. The fourth-order valence-electron chi connectivity index (χ4n) is 3.65. The Kier molecular flexibility index (Phi) is 7.49. The van der Waals surface area contributed by atoms with Crippen LogP contribution < -0.4 is 10.1 Å². The van der Waals surface area contributed by atoms with Crippen molar-refractivity contribution in [3.05, 3.63) is 65.2 Å². The molecule has 0 aliphatic carbocycles. The summed E-state index contributed by atoms with van der Waals surface area (Å²) in [5.74, 6) is 1.26. The number of nitrogens with zero attached hydrogens (tertiary/aromatic N) is 1. The van der Waals surface area contributed by atoms with E-state index < -0.39 is 0 Å². The molecule has 1 heterocycles. The first kappa shape index (κ1) is 20.4. The van der Waals surface area contributed by atoms with Crippen molar-refractivity contribution in [2.45, 2.75) is 45.6 Å². The minimum atomic E-state index is -0.0507. The first-order chi connectivity index (χ1) is 13.6. The highest BCUT2D eigenvalue weighted by atomic mass is 16.5. The van der Waals surface area contributed by atoms with E-state index in [-0.39, 0.29) is 5.91 Å². The molecule has 2 aromatic carbocycles. The molecule has 28 heavy (non-hydrogen) atoms. The number of hydrogen-bond donors (Lipinski definition) is 1. The molecule has 4 heteroatoms. The first-order valence-electron chi connectivity index (χ1n) is 10.4. The van der Waals surface area contributed by atoms with Crippen molar-refractivity contribution in [1.29, 1.82) is 0 Å². The highest BCUT2D eigenvalue weighted by Crippen LogP contribution is 2.25. The van der Waals surface area contributed by atoms with Crippen LogP contribution in [0.25, 0.3) is 0 Å². The molecule has 0 unspecified atom stereocenters. The zero-order valence-corrected chi connectivity index (χ0v) is 17.1. The van der Waals surface area contributed by atoms with Crippen molar-refractivity contribution in [3.63, 3.8) is 0 Å². The van der Waals surface area contributed by atoms with E-state index in [0.29, 0.717) is 24.6 Å². The third-order valence-corrected chi connectivity index (χ3v) is 5.26. The standard InChI is InChI=1S/C24H32N2O2/c1-19(2)22-8-4-5-9-23(22)28-17-14-25-24(27)21-12-10-20(11-13-21)18-26-15-6-3-7-16-26/h4-5,8-13,19H,3,6-7,14-18H2,1-2H3,(H,25,27). The normalized spacial score (nSPS) is 14.8. The van der Waals surface area contributed by atoms with Gasteiger partial charge in [-0.05, 0) is 61.2 Å². The van der Waals surface area contributed by atoms with E-state index in [1.54, 1.807) is 0 Å². The summed E-state index contributed by atoms with van der Waals surface area (Å²) in [6.07, 6.45) is 3.94. The van der Waals surface area contributed by atoms with E-state index in [0.717, 1.165) is 12.3 Å². The molecule has 150 valence electrons. The lowest BCUT2D eigenvalue weighted by molar-refractivity contribution is 0.0947. The number of nitrogens with one attached hydrogen (secondary N) is 1. The number of piperidine rings is 1. The van der Waals surface area contributed by atoms with Gasteiger partial charge in [0.15, 0.2) is 0 Å². The predicted molar refractivity (Wildman–Crippen MR) is 114 cm³/mol. The number of likely N-dealkylation sites (tertiary alicyclic amines) is 1. The monoisotopic (exact) mass is 380 g/mol. The third-order valence-electron chi connectivity index (χ3n) is 5.26. The summed E-state index contributed by atoms with van der Waals surface area (Å²) in [5.41, 5.74) is 3.16. The number of benzene rings is 2. The molecule has 0 radical (unpaired) electrons. The summed E-state index contributed by atoms with van der Waals surface area (Å²) >= 11 is 0. The van der Waals surface area contributed by atoms with Crippen LogP contribution in [-0.2, 0) is 6.54 Å². The average Bonchev–Trinajstić information content (AvgIpc) is 2.72. The minimum Gasteiger partial charge on any atom is -0.491 e. The maximum atomic E-state index is 12.4. The van der Waals surface area contributed by atoms with Crippen LogP contribution in [0.15, 0.2) is 48.5 Å². The van der Waals surface area contributed by atoms with E-state index >= 15 is 0 Å². The molecule has 0 saturated carbocycles. The molecule has 1 N–H and O–H groups in total. The van der Waals surface area contributed by atoms with Crippen molar-refractivity contribution >= 4 is 5.91 Å². The fraction of sp³-hybridized carbons (Fsp3) is 0.458. The number of para-hydroxylation sites is 1. The van der Waals surface area contributed by atoms with Crippen LogP contribution in [0, 0.1) is 0 Å². The molecule has 4 nitrogen and oxygen atoms in total. The zero-order valence-electron chi connectivity index (χ0n) is 17.1. The Hall–Kier alpha value is -2.33. The summed E-state index contributed by atoms with van der Waals surface area (Å²) < 4.78 is 5.87. The van der Waals surface area contributed by atoms with E-state index in [1.807, 2.05) is 30.3 Å². The predicted octanol–water partition coefficient (Wildman–Crippen LogP) is 4.60. The van der Waals surface area contributed by atoms with E-state index in [9.17, 15) is 4.79 Å². The van der Waals surface area contributed by atoms with Gasteiger partial charge >= 0.3 is 0 Å². The fourth-order valence-corrected chi connectivity index (χ4v) is 3.65. The Morgan fingerprint density at radius 3 is 2.46 bits per heavy atom. The number of amides is 1. The summed E-state index contributed by atoms with van der Waals surface area (Å²) in [6.45, 7) is 8.59. The van der Waals surface area contributed by atoms with Crippen molar-refractivity contribution < 1.29 is 9.53 Å². The second-order valence-corrected chi connectivity index (χ2v) is 7.83. The van der Waals surface area contributed by atoms with Crippen molar-refractivity contribution in [3.8, 4) is 5.75 Å². The SMILES string of the molecule is CC(C)c1ccccc1OCCNC(=O)c1ccc(CN2CCCCC2)cc1. The van der Waals surface area contributed by atoms with Gasteiger partial charge in [0.1, 0.15) is 12.4 Å². The molecule has 2 aromatic rings. The van der Waals surface area contributed by atoms with Gasteiger partial charge in [0.25, 0.3) is 5.91 Å². The lowest BCUT2D eigenvalue weighted by atomic mass is 10.0. The number of carbonyl (C=O) groups is 1. The number of rotatable bonds is 8.